The van der Waals surface area contributed by atoms with Crippen LogP contribution in [0.2, 0.25) is 0 Å². The van der Waals surface area contributed by atoms with E-state index in [4.69, 9.17) is 9.15 Å². The van der Waals surface area contributed by atoms with Crippen molar-refractivity contribution in [2.24, 2.45) is 0 Å². The van der Waals surface area contributed by atoms with Gasteiger partial charge in [0.2, 0.25) is 0 Å². The van der Waals surface area contributed by atoms with Crippen LogP contribution < -0.4 is 5.32 Å². The maximum atomic E-state index is 5.81. The molecule has 1 saturated heterocycles. The minimum absolute atomic E-state index is 0.415. The zero-order chi connectivity index (χ0) is 12.6. The molecule has 18 heavy (non-hydrogen) atoms. The number of oxazole rings is 1. The van der Waals surface area contributed by atoms with Crippen LogP contribution in [0, 0.1) is 0 Å². The third kappa shape index (κ3) is 4.10. The van der Waals surface area contributed by atoms with Crippen LogP contribution in [0.3, 0.4) is 0 Å². The van der Waals surface area contributed by atoms with Crippen LogP contribution in [0.15, 0.2) is 10.6 Å². The zero-order valence-corrected chi connectivity index (χ0v) is 11.3. The molecule has 0 aliphatic carbocycles. The second-order valence-corrected chi connectivity index (χ2v) is 4.92. The molecule has 1 atom stereocenters. The number of aromatic nitrogens is 1. The Bertz CT molecular complexity index is 332. The van der Waals surface area contributed by atoms with E-state index in [1.807, 2.05) is 6.20 Å². The van der Waals surface area contributed by atoms with Crippen LogP contribution >= 0.6 is 0 Å². The maximum absolute atomic E-state index is 5.81. The molecular formula is C14H24N2O2. The first-order valence-corrected chi connectivity index (χ1v) is 7.13. The lowest BCUT2D eigenvalue weighted by Gasteiger charge is -2.19. The van der Waals surface area contributed by atoms with Crippen molar-refractivity contribution in [1.82, 2.24) is 10.3 Å². The smallest absolute Gasteiger partial charge is 0.194 e. The second-order valence-electron chi connectivity index (χ2n) is 4.92. The lowest BCUT2D eigenvalue weighted by Crippen LogP contribution is -2.16. The normalized spacial score (nSPS) is 20.2. The van der Waals surface area contributed by atoms with E-state index in [1.165, 1.54) is 6.42 Å². The van der Waals surface area contributed by atoms with Crippen molar-refractivity contribution in [3.8, 4) is 0 Å². The number of nitrogens with one attached hydrogen (secondary N) is 1. The van der Waals surface area contributed by atoms with Crippen LogP contribution in [-0.2, 0) is 11.2 Å². The van der Waals surface area contributed by atoms with E-state index in [-0.39, 0.29) is 0 Å². The first-order chi connectivity index (χ1) is 8.90. The molecule has 4 heteroatoms. The largest absolute Gasteiger partial charge is 0.445 e. The fourth-order valence-electron chi connectivity index (χ4n) is 2.26. The van der Waals surface area contributed by atoms with Gasteiger partial charge in [-0.15, -0.1) is 0 Å². The van der Waals surface area contributed by atoms with Crippen LogP contribution in [0.1, 0.15) is 50.2 Å². The van der Waals surface area contributed by atoms with E-state index in [2.05, 4.69) is 17.2 Å². The van der Waals surface area contributed by atoms with Crippen molar-refractivity contribution >= 4 is 0 Å². The van der Waals surface area contributed by atoms with Crippen LogP contribution in [0.25, 0.3) is 0 Å². The predicted molar refractivity (Wildman–Crippen MR) is 70.8 cm³/mol. The molecule has 102 valence electrons. The van der Waals surface area contributed by atoms with Gasteiger partial charge in [-0.05, 0) is 38.8 Å². The molecule has 0 saturated carbocycles. The molecule has 0 bridgehead atoms. The van der Waals surface area contributed by atoms with Gasteiger partial charge in [-0.3, -0.25) is 0 Å². The summed E-state index contributed by atoms with van der Waals surface area (Å²) in [5, 5.41) is 3.39. The number of nitrogens with zero attached hydrogens (tertiary/aromatic N) is 1. The molecule has 1 aromatic rings. The fourth-order valence-corrected chi connectivity index (χ4v) is 2.26. The Morgan fingerprint density at radius 3 is 3.17 bits per heavy atom. The predicted octanol–water partition coefficient (Wildman–Crippen LogP) is 2.50. The van der Waals surface area contributed by atoms with Gasteiger partial charge in [0.15, 0.2) is 5.89 Å². The summed E-state index contributed by atoms with van der Waals surface area (Å²) < 4.78 is 11.3. The summed E-state index contributed by atoms with van der Waals surface area (Å²) in [7, 11) is 0. The third-order valence-electron chi connectivity index (χ3n) is 3.31. The molecule has 0 amide bonds. The highest BCUT2D eigenvalue weighted by Gasteiger charge is 2.19. The number of hydrogen-bond acceptors (Lipinski definition) is 4. The summed E-state index contributed by atoms with van der Waals surface area (Å²) in [5.41, 5.74) is 0. The van der Waals surface area contributed by atoms with Gasteiger partial charge in [0.1, 0.15) is 5.76 Å². The third-order valence-corrected chi connectivity index (χ3v) is 3.31. The Kier molecular flexibility index (Phi) is 5.68. The number of hydrogen-bond donors (Lipinski definition) is 1. The topological polar surface area (TPSA) is 47.3 Å². The highest BCUT2D eigenvalue weighted by Crippen LogP contribution is 2.25. The molecule has 0 spiro atoms. The summed E-state index contributed by atoms with van der Waals surface area (Å²) in [6, 6.07) is 0. The zero-order valence-electron chi connectivity index (χ0n) is 11.3. The molecule has 1 unspecified atom stereocenters. The van der Waals surface area contributed by atoms with Crippen LogP contribution in [-0.4, -0.2) is 31.3 Å². The minimum Gasteiger partial charge on any atom is -0.445 e. The summed E-state index contributed by atoms with van der Waals surface area (Å²) in [6.45, 7) is 5.99. The van der Waals surface area contributed by atoms with Crippen molar-refractivity contribution in [2.75, 3.05) is 26.3 Å². The average molecular weight is 252 g/mol. The summed E-state index contributed by atoms with van der Waals surface area (Å²) >= 11 is 0. The molecule has 1 fully saturated rings. The van der Waals surface area contributed by atoms with Gasteiger partial charge in [-0.2, -0.15) is 0 Å². The Morgan fingerprint density at radius 1 is 1.44 bits per heavy atom. The van der Waals surface area contributed by atoms with Gasteiger partial charge in [-0.25, -0.2) is 4.98 Å². The SMILES string of the molecule is CCCNCCCc1ncc(C2CCCOC2)o1. The summed E-state index contributed by atoms with van der Waals surface area (Å²) in [4.78, 5) is 4.36. The van der Waals surface area contributed by atoms with E-state index in [1.54, 1.807) is 0 Å². The molecule has 4 nitrogen and oxygen atoms in total. The standard InChI is InChI=1S/C14H24N2O2/c1-2-7-15-8-3-6-14-16-10-13(18-14)12-5-4-9-17-11-12/h10,12,15H,2-9,11H2,1H3. The Labute approximate surface area is 109 Å². The molecule has 1 aromatic heterocycles. The quantitative estimate of drug-likeness (QED) is 0.757. The van der Waals surface area contributed by atoms with Gasteiger partial charge in [0.05, 0.1) is 12.8 Å². The van der Waals surface area contributed by atoms with E-state index < -0.39 is 0 Å². The van der Waals surface area contributed by atoms with Crippen molar-refractivity contribution in [3.05, 3.63) is 17.8 Å². The fraction of sp³-hybridized carbons (Fsp3) is 0.786. The van der Waals surface area contributed by atoms with Gasteiger partial charge in [-0.1, -0.05) is 6.92 Å². The lowest BCUT2D eigenvalue weighted by molar-refractivity contribution is 0.0738. The first kappa shape index (κ1) is 13.6. The van der Waals surface area contributed by atoms with Crippen LogP contribution in [0.5, 0.6) is 0 Å². The van der Waals surface area contributed by atoms with Gasteiger partial charge in [0.25, 0.3) is 0 Å². The summed E-state index contributed by atoms with van der Waals surface area (Å²) in [6.07, 6.45) is 7.36. The van der Waals surface area contributed by atoms with Crippen molar-refractivity contribution in [2.45, 2.75) is 44.9 Å². The van der Waals surface area contributed by atoms with Crippen molar-refractivity contribution in [3.63, 3.8) is 0 Å². The van der Waals surface area contributed by atoms with E-state index in [9.17, 15) is 0 Å². The highest BCUT2D eigenvalue weighted by molar-refractivity contribution is 5.03. The van der Waals surface area contributed by atoms with E-state index in [0.717, 1.165) is 63.6 Å². The molecule has 1 N–H and O–H groups in total. The Hall–Kier alpha value is -0.870. The Balaban J connectivity index is 1.72. The molecule has 0 aromatic carbocycles. The number of aryl methyl sites for hydroxylation is 1. The van der Waals surface area contributed by atoms with Crippen LogP contribution in [0.4, 0.5) is 0 Å². The molecule has 1 aliphatic heterocycles. The minimum atomic E-state index is 0.415. The molecule has 2 rings (SSSR count). The lowest BCUT2D eigenvalue weighted by atomic mass is 10.0. The maximum Gasteiger partial charge on any atom is 0.194 e. The number of rotatable bonds is 7. The summed E-state index contributed by atoms with van der Waals surface area (Å²) in [5.74, 6) is 2.29. The van der Waals surface area contributed by atoms with E-state index in [0.29, 0.717) is 5.92 Å². The van der Waals surface area contributed by atoms with E-state index >= 15 is 0 Å². The Morgan fingerprint density at radius 2 is 2.39 bits per heavy atom. The molecule has 0 radical (unpaired) electrons. The van der Waals surface area contributed by atoms with Crippen molar-refractivity contribution < 1.29 is 9.15 Å². The molecule has 1 aliphatic rings. The van der Waals surface area contributed by atoms with Gasteiger partial charge in [0, 0.05) is 18.9 Å². The number of ether oxygens (including phenoxy) is 1. The first-order valence-electron chi connectivity index (χ1n) is 7.13. The van der Waals surface area contributed by atoms with Crippen molar-refractivity contribution in [1.29, 1.82) is 0 Å². The molecular weight excluding hydrogens is 228 g/mol. The van der Waals surface area contributed by atoms with Gasteiger partial charge < -0.3 is 14.5 Å². The van der Waals surface area contributed by atoms with Gasteiger partial charge >= 0.3 is 0 Å². The second kappa shape index (κ2) is 7.54. The highest BCUT2D eigenvalue weighted by atomic mass is 16.5. The average Bonchev–Trinajstić information content (AvgIpc) is 2.88. The molecule has 2 heterocycles. The monoisotopic (exact) mass is 252 g/mol.